The van der Waals surface area contributed by atoms with Gasteiger partial charge in [-0.15, -0.1) is 0 Å². The van der Waals surface area contributed by atoms with Gasteiger partial charge >= 0.3 is 0 Å². The van der Waals surface area contributed by atoms with E-state index in [2.05, 4.69) is 20.1 Å². The Labute approximate surface area is 182 Å². The minimum atomic E-state index is -0.566. The SMILES string of the molecule is CC(C)Nc1cc(-c2ccc(N3CCN(CCC=O)CC3)nc2)cc(C(N)=O)c1C=N. The lowest BCUT2D eigenvalue weighted by atomic mass is 9.97. The number of rotatable bonds is 9. The number of carbonyl (C=O) groups is 2. The van der Waals surface area contributed by atoms with Crippen molar-refractivity contribution < 1.29 is 9.59 Å². The third-order valence-corrected chi connectivity index (χ3v) is 5.37. The number of aromatic nitrogens is 1. The van der Waals surface area contributed by atoms with Crippen molar-refractivity contribution in [3.8, 4) is 11.1 Å². The predicted molar refractivity (Wildman–Crippen MR) is 124 cm³/mol. The minimum Gasteiger partial charge on any atom is -0.382 e. The largest absolute Gasteiger partial charge is 0.382 e. The first-order valence-electron chi connectivity index (χ1n) is 10.5. The molecule has 0 aliphatic carbocycles. The van der Waals surface area contributed by atoms with Gasteiger partial charge in [0.1, 0.15) is 12.1 Å². The fourth-order valence-corrected chi connectivity index (χ4v) is 3.79. The molecule has 0 atom stereocenters. The lowest BCUT2D eigenvalue weighted by molar-refractivity contribution is -0.108. The summed E-state index contributed by atoms with van der Waals surface area (Å²) < 4.78 is 0. The van der Waals surface area contributed by atoms with Gasteiger partial charge < -0.3 is 26.2 Å². The van der Waals surface area contributed by atoms with Gasteiger partial charge in [-0.2, -0.15) is 0 Å². The van der Waals surface area contributed by atoms with Crippen LogP contribution >= 0.6 is 0 Å². The number of primary amides is 1. The zero-order valence-corrected chi connectivity index (χ0v) is 18.1. The topological polar surface area (TPSA) is 115 Å². The molecule has 0 bridgehead atoms. The average molecular weight is 423 g/mol. The van der Waals surface area contributed by atoms with Gasteiger partial charge in [0.15, 0.2) is 0 Å². The van der Waals surface area contributed by atoms with Crippen LogP contribution in [0.1, 0.15) is 36.2 Å². The summed E-state index contributed by atoms with van der Waals surface area (Å²) in [4.78, 5) is 31.7. The first-order chi connectivity index (χ1) is 14.9. The molecular weight excluding hydrogens is 392 g/mol. The van der Waals surface area contributed by atoms with E-state index in [1.165, 1.54) is 0 Å². The Morgan fingerprint density at radius 2 is 1.97 bits per heavy atom. The van der Waals surface area contributed by atoms with Crippen LogP contribution in [0.5, 0.6) is 0 Å². The Morgan fingerprint density at radius 3 is 2.52 bits per heavy atom. The maximum atomic E-state index is 12.0. The summed E-state index contributed by atoms with van der Waals surface area (Å²) in [6.07, 6.45) is 4.50. The van der Waals surface area contributed by atoms with Crippen molar-refractivity contribution in [1.82, 2.24) is 9.88 Å². The Kier molecular flexibility index (Phi) is 7.36. The van der Waals surface area contributed by atoms with Crippen molar-refractivity contribution in [2.75, 3.05) is 42.9 Å². The molecule has 8 heteroatoms. The minimum absolute atomic E-state index is 0.139. The third kappa shape index (κ3) is 5.46. The van der Waals surface area contributed by atoms with E-state index in [9.17, 15) is 9.59 Å². The van der Waals surface area contributed by atoms with E-state index in [0.29, 0.717) is 23.2 Å². The molecule has 8 nitrogen and oxygen atoms in total. The number of benzene rings is 1. The van der Waals surface area contributed by atoms with Crippen LogP contribution in [0.25, 0.3) is 11.1 Å². The molecule has 0 unspecified atom stereocenters. The van der Waals surface area contributed by atoms with Crippen LogP contribution in [0, 0.1) is 5.41 Å². The van der Waals surface area contributed by atoms with Crippen LogP contribution in [-0.4, -0.2) is 67.1 Å². The number of nitrogens with one attached hydrogen (secondary N) is 2. The molecule has 1 aliphatic rings. The summed E-state index contributed by atoms with van der Waals surface area (Å²) in [5.74, 6) is 0.342. The molecular formula is C23H30N6O2. The van der Waals surface area contributed by atoms with E-state index in [1.807, 2.05) is 32.0 Å². The zero-order valence-electron chi connectivity index (χ0n) is 18.1. The molecule has 164 valence electrons. The fraction of sp³-hybridized carbons (Fsp3) is 0.391. The van der Waals surface area contributed by atoms with Gasteiger partial charge in [-0.05, 0) is 43.7 Å². The Hall–Kier alpha value is -3.26. The van der Waals surface area contributed by atoms with Gasteiger partial charge in [0.25, 0.3) is 0 Å². The Bertz CT molecular complexity index is 934. The second kappa shape index (κ2) is 10.2. The summed E-state index contributed by atoms with van der Waals surface area (Å²) in [6.45, 7) is 8.37. The molecule has 0 spiro atoms. The lowest BCUT2D eigenvalue weighted by Gasteiger charge is -2.35. The average Bonchev–Trinajstić information content (AvgIpc) is 2.77. The maximum Gasteiger partial charge on any atom is 0.249 e. The molecule has 3 rings (SSSR count). The molecule has 1 aromatic carbocycles. The smallest absolute Gasteiger partial charge is 0.249 e. The van der Waals surface area contributed by atoms with Gasteiger partial charge in [0, 0.05) is 74.4 Å². The first kappa shape index (κ1) is 22.4. The van der Waals surface area contributed by atoms with Crippen molar-refractivity contribution in [3.05, 3.63) is 41.6 Å². The van der Waals surface area contributed by atoms with Crippen LogP contribution < -0.4 is 16.0 Å². The van der Waals surface area contributed by atoms with Gasteiger partial charge in [0.05, 0.1) is 5.56 Å². The number of nitrogens with zero attached hydrogens (tertiary/aromatic N) is 3. The van der Waals surface area contributed by atoms with Crippen LogP contribution in [0.2, 0.25) is 0 Å². The number of piperazine rings is 1. The predicted octanol–water partition coefficient (Wildman–Crippen LogP) is 2.38. The highest BCUT2D eigenvalue weighted by molar-refractivity contribution is 6.05. The molecule has 2 aromatic rings. The molecule has 1 aromatic heterocycles. The van der Waals surface area contributed by atoms with E-state index in [-0.39, 0.29) is 6.04 Å². The molecule has 0 saturated carbocycles. The molecule has 1 saturated heterocycles. The molecule has 31 heavy (non-hydrogen) atoms. The molecule has 1 aliphatic heterocycles. The Morgan fingerprint density at radius 1 is 1.23 bits per heavy atom. The summed E-state index contributed by atoms with van der Waals surface area (Å²) in [5, 5.41) is 11.0. The Balaban J connectivity index is 1.82. The van der Waals surface area contributed by atoms with E-state index in [4.69, 9.17) is 11.1 Å². The van der Waals surface area contributed by atoms with Crippen molar-refractivity contribution in [2.45, 2.75) is 26.3 Å². The lowest BCUT2D eigenvalue weighted by Crippen LogP contribution is -2.46. The highest BCUT2D eigenvalue weighted by atomic mass is 16.1. The summed E-state index contributed by atoms with van der Waals surface area (Å²) in [5.41, 5.74) is 8.78. The molecule has 0 radical (unpaired) electrons. The van der Waals surface area contributed by atoms with Gasteiger partial charge in [-0.1, -0.05) is 0 Å². The number of pyridine rings is 1. The zero-order chi connectivity index (χ0) is 22.4. The fourth-order valence-electron chi connectivity index (χ4n) is 3.79. The second-order valence-electron chi connectivity index (χ2n) is 7.98. The molecule has 4 N–H and O–H groups in total. The van der Waals surface area contributed by atoms with Crippen LogP contribution in [-0.2, 0) is 4.79 Å². The maximum absolute atomic E-state index is 12.0. The number of aldehydes is 1. The number of hydrogen-bond donors (Lipinski definition) is 3. The summed E-state index contributed by atoms with van der Waals surface area (Å²) in [6, 6.07) is 7.76. The normalized spacial score (nSPS) is 14.5. The third-order valence-electron chi connectivity index (χ3n) is 5.37. The number of hydrogen-bond acceptors (Lipinski definition) is 7. The second-order valence-corrected chi connectivity index (χ2v) is 7.98. The standard InChI is InChI=1S/C23H30N6O2/c1-16(2)27-21-13-18(12-19(23(25)31)20(21)14-24)17-4-5-22(26-15-17)29-9-7-28(8-10-29)6-3-11-30/h4-5,11-16,24,27H,3,6-10H2,1-2H3,(H2,25,31). The van der Waals surface area contributed by atoms with Crippen molar-refractivity contribution in [3.63, 3.8) is 0 Å². The first-order valence-corrected chi connectivity index (χ1v) is 10.5. The summed E-state index contributed by atoms with van der Waals surface area (Å²) in [7, 11) is 0. The highest BCUT2D eigenvalue weighted by Crippen LogP contribution is 2.29. The highest BCUT2D eigenvalue weighted by Gasteiger charge is 2.18. The van der Waals surface area contributed by atoms with E-state index >= 15 is 0 Å². The monoisotopic (exact) mass is 422 g/mol. The van der Waals surface area contributed by atoms with Crippen molar-refractivity contribution >= 4 is 29.9 Å². The number of nitrogens with two attached hydrogens (primary N) is 1. The molecule has 1 fully saturated rings. The van der Waals surface area contributed by atoms with Crippen LogP contribution in [0.15, 0.2) is 30.5 Å². The van der Waals surface area contributed by atoms with E-state index in [1.54, 1.807) is 12.3 Å². The van der Waals surface area contributed by atoms with E-state index in [0.717, 1.165) is 62.2 Å². The van der Waals surface area contributed by atoms with Gasteiger partial charge in [0.2, 0.25) is 5.91 Å². The number of amides is 1. The van der Waals surface area contributed by atoms with Crippen LogP contribution in [0.3, 0.4) is 0 Å². The van der Waals surface area contributed by atoms with Gasteiger partial charge in [-0.3, -0.25) is 9.69 Å². The van der Waals surface area contributed by atoms with E-state index < -0.39 is 5.91 Å². The van der Waals surface area contributed by atoms with Crippen LogP contribution in [0.4, 0.5) is 11.5 Å². The van der Waals surface area contributed by atoms with Crippen molar-refractivity contribution in [1.29, 1.82) is 5.41 Å². The van der Waals surface area contributed by atoms with Gasteiger partial charge in [-0.25, -0.2) is 4.98 Å². The summed E-state index contributed by atoms with van der Waals surface area (Å²) >= 11 is 0. The van der Waals surface area contributed by atoms with Crippen molar-refractivity contribution in [2.24, 2.45) is 5.73 Å². The quantitative estimate of drug-likeness (QED) is 0.422. The molecule has 2 heterocycles. The molecule has 1 amide bonds. The number of carbonyl (C=O) groups excluding carboxylic acids is 2. The number of anilines is 2.